The number of methoxy groups -OCH3 is 2. The van der Waals surface area contributed by atoms with Crippen LogP contribution in [0.15, 0.2) is 73.2 Å². The summed E-state index contributed by atoms with van der Waals surface area (Å²) in [6, 6.07) is 17.5. The number of rotatable bonds is 9. The van der Waals surface area contributed by atoms with Gasteiger partial charge in [-0.1, -0.05) is 6.07 Å². The van der Waals surface area contributed by atoms with Crippen molar-refractivity contribution in [1.29, 1.82) is 0 Å². The lowest BCUT2D eigenvalue weighted by atomic mass is 9.96. The molecule has 10 heteroatoms. The first kappa shape index (κ1) is 27.3. The normalized spacial score (nSPS) is 16.6. The Balaban J connectivity index is 1.60. The Bertz CT molecular complexity index is 1510. The Morgan fingerprint density at radius 2 is 1.88 bits per heavy atom. The molecule has 3 aromatic heterocycles. The van der Waals surface area contributed by atoms with Crippen LogP contribution in [0, 0.1) is 13.8 Å². The van der Waals surface area contributed by atoms with Gasteiger partial charge in [0.2, 0.25) is 5.91 Å². The molecule has 1 fully saturated rings. The van der Waals surface area contributed by atoms with Crippen molar-refractivity contribution in [2.24, 2.45) is 0 Å². The molecule has 1 saturated heterocycles. The van der Waals surface area contributed by atoms with Crippen LogP contribution in [0.3, 0.4) is 0 Å². The van der Waals surface area contributed by atoms with Crippen molar-refractivity contribution >= 4 is 34.6 Å². The lowest BCUT2D eigenvalue weighted by Gasteiger charge is -2.29. The second-order valence-corrected chi connectivity index (χ2v) is 10.0. The molecule has 0 spiro atoms. The minimum atomic E-state index is -0.275. The fourth-order valence-corrected chi connectivity index (χ4v) is 5.60. The first-order valence-electron chi connectivity index (χ1n) is 12.9. The summed E-state index contributed by atoms with van der Waals surface area (Å²) < 4.78 is 12.8. The summed E-state index contributed by atoms with van der Waals surface area (Å²) in [7, 11) is 3.05. The molecule has 4 aromatic rings. The fourth-order valence-electron chi connectivity index (χ4n) is 5.25. The molecule has 1 aliphatic heterocycles. The lowest BCUT2D eigenvalue weighted by Crippen LogP contribution is -2.29. The number of thiocarbonyl (C=S) groups is 1. The topological polar surface area (TPSA) is 93.5 Å². The first-order chi connectivity index (χ1) is 19.4. The number of carbonyl (C=O) groups excluding carboxylic acids is 1. The summed E-state index contributed by atoms with van der Waals surface area (Å²) in [5, 5.41) is 6.98. The highest BCUT2D eigenvalue weighted by molar-refractivity contribution is 7.80. The third-order valence-corrected chi connectivity index (χ3v) is 7.44. The Hall–Kier alpha value is -4.28. The van der Waals surface area contributed by atoms with Gasteiger partial charge in [-0.15, -0.1) is 0 Å². The number of hydrogen-bond donors (Lipinski definition) is 2. The molecule has 2 N–H and O–H groups in total. The quantitative estimate of drug-likeness (QED) is 0.286. The van der Waals surface area contributed by atoms with E-state index in [2.05, 4.69) is 50.0 Å². The van der Waals surface area contributed by atoms with Gasteiger partial charge in [0.15, 0.2) is 5.11 Å². The van der Waals surface area contributed by atoms with Crippen molar-refractivity contribution in [2.45, 2.75) is 32.5 Å². The highest BCUT2D eigenvalue weighted by atomic mass is 32.1. The minimum absolute atomic E-state index is 0.0646. The summed E-state index contributed by atoms with van der Waals surface area (Å²) >= 11 is 5.93. The summed E-state index contributed by atoms with van der Waals surface area (Å²) in [4.78, 5) is 23.3. The van der Waals surface area contributed by atoms with Crippen molar-refractivity contribution in [3.05, 3.63) is 101 Å². The average molecular weight is 557 g/mol. The number of aryl methyl sites for hydroxylation is 1. The number of aromatic nitrogens is 3. The highest BCUT2D eigenvalue weighted by Gasteiger charge is 2.42. The summed E-state index contributed by atoms with van der Waals surface area (Å²) in [5.74, 6) is 0.266. The number of pyridine rings is 2. The predicted octanol–water partition coefficient (Wildman–Crippen LogP) is 4.71. The molecule has 2 atom stereocenters. The van der Waals surface area contributed by atoms with Crippen LogP contribution < -0.4 is 20.3 Å². The van der Waals surface area contributed by atoms with Gasteiger partial charge in [0.25, 0.3) is 0 Å². The van der Waals surface area contributed by atoms with Crippen LogP contribution in [0.4, 0.5) is 11.4 Å². The average Bonchev–Trinajstić information content (AvgIpc) is 3.45. The summed E-state index contributed by atoms with van der Waals surface area (Å²) in [6.45, 7) is 4.93. The smallest absolute Gasteiger partial charge is 0.250 e. The van der Waals surface area contributed by atoms with Gasteiger partial charge in [-0.3, -0.25) is 14.8 Å². The van der Waals surface area contributed by atoms with E-state index in [0.717, 1.165) is 34.9 Å². The number of nitrogens with zero attached hydrogens (tertiary/aromatic N) is 4. The van der Waals surface area contributed by atoms with Crippen LogP contribution >= 0.6 is 12.2 Å². The Morgan fingerprint density at radius 3 is 2.58 bits per heavy atom. The molecule has 4 heterocycles. The van der Waals surface area contributed by atoms with E-state index in [9.17, 15) is 4.79 Å². The van der Waals surface area contributed by atoms with Gasteiger partial charge in [-0.25, -0.2) is 0 Å². The van der Waals surface area contributed by atoms with Gasteiger partial charge < -0.3 is 29.6 Å². The van der Waals surface area contributed by atoms with Gasteiger partial charge >= 0.3 is 0 Å². The third-order valence-electron chi connectivity index (χ3n) is 7.13. The van der Waals surface area contributed by atoms with E-state index in [-0.39, 0.29) is 24.6 Å². The molecule has 1 amide bonds. The number of hydrogen-bond acceptors (Lipinski definition) is 6. The van der Waals surface area contributed by atoms with Gasteiger partial charge in [-0.05, 0) is 85.7 Å². The van der Waals surface area contributed by atoms with Crippen molar-refractivity contribution in [3.8, 4) is 5.75 Å². The fraction of sp³-hybridized carbons (Fsp3) is 0.267. The molecule has 0 unspecified atom stereocenters. The van der Waals surface area contributed by atoms with E-state index in [1.165, 1.54) is 12.7 Å². The predicted molar refractivity (Wildman–Crippen MR) is 159 cm³/mol. The Labute approximate surface area is 239 Å². The maximum atomic E-state index is 12.4. The van der Waals surface area contributed by atoms with Crippen molar-refractivity contribution in [3.63, 3.8) is 0 Å². The molecule has 0 saturated carbocycles. The minimum Gasteiger partial charge on any atom is -0.495 e. The SMILES string of the molecule is COCC(=O)Nc1cc(N2C(=S)N[C@@H](c3ccccn3)[C@H]2c2cc(C)n(Cc3ccncc3)c2C)ccc1OC. The lowest BCUT2D eigenvalue weighted by molar-refractivity contribution is -0.119. The number of ether oxygens (including phenoxy) is 2. The molecular weight excluding hydrogens is 524 g/mol. The van der Waals surface area contributed by atoms with Crippen molar-refractivity contribution in [1.82, 2.24) is 19.9 Å². The van der Waals surface area contributed by atoms with Crippen molar-refractivity contribution < 1.29 is 14.3 Å². The van der Waals surface area contributed by atoms with E-state index in [1.807, 2.05) is 60.9 Å². The molecule has 0 aliphatic carbocycles. The number of anilines is 2. The maximum Gasteiger partial charge on any atom is 0.250 e. The van der Waals surface area contributed by atoms with Crippen LogP contribution in [0.1, 0.15) is 40.3 Å². The van der Waals surface area contributed by atoms with E-state index in [4.69, 9.17) is 21.7 Å². The highest BCUT2D eigenvalue weighted by Crippen LogP contribution is 2.44. The largest absolute Gasteiger partial charge is 0.495 e. The zero-order chi connectivity index (χ0) is 28.2. The molecule has 1 aliphatic rings. The zero-order valence-corrected chi connectivity index (χ0v) is 23.7. The molecule has 1 aromatic carbocycles. The van der Waals surface area contributed by atoms with Gasteiger partial charge in [0.1, 0.15) is 12.4 Å². The number of carbonyl (C=O) groups is 1. The monoisotopic (exact) mass is 556 g/mol. The van der Waals surface area contributed by atoms with E-state index >= 15 is 0 Å². The van der Waals surface area contributed by atoms with Crippen molar-refractivity contribution in [2.75, 3.05) is 31.0 Å². The second kappa shape index (κ2) is 11.8. The molecule has 40 heavy (non-hydrogen) atoms. The van der Waals surface area contributed by atoms with E-state index < -0.39 is 0 Å². The summed E-state index contributed by atoms with van der Waals surface area (Å²) in [5.41, 5.74) is 6.83. The third kappa shape index (κ3) is 5.41. The number of amides is 1. The number of benzene rings is 1. The Morgan fingerprint density at radius 1 is 1.07 bits per heavy atom. The van der Waals surface area contributed by atoms with Gasteiger partial charge in [0.05, 0.1) is 30.6 Å². The molecule has 5 rings (SSSR count). The molecule has 0 radical (unpaired) electrons. The van der Waals surface area contributed by atoms with Crippen LogP contribution in [-0.2, 0) is 16.1 Å². The van der Waals surface area contributed by atoms with E-state index in [0.29, 0.717) is 16.5 Å². The van der Waals surface area contributed by atoms with Gasteiger partial charge in [0, 0.05) is 49.3 Å². The standard InChI is InChI=1S/C30H32N6O3S/c1-19-15-23(20(2)35(19)17-21-10-13-31-14-11-21)29-28(24-7-5-6-12-32-24)34-30(40)36(29)22-8-9-26(39-4)25(16-22)33-27(37)18-38-3/h5-16,28-29H,17-18H2,1-4H3,(H,33,37)(H,34,40)/t28-,29+/m0/s1. The summed E-state index contributed by atoms with van der Waals surface area (Å²) in [6.07, 6.45) is 5.42. The Kier molecular flexibility index (Phi) is 8.09. The maximum absolute atomic E-state index is 12.4. The van der Waals surface area contributed by atoms with Crippen LogP contribution in [0.5, 0.6) is 5.75 Å². The first-order valence-corrected chi connectivity index (χ1v) is 13.3. The van der Waals surface area contributed by atoms with Gasteiger partial charge in [-0.2, -0.15) is 0 Å². The molecule has 206 valence electrons. The number of nitrogens with one attached hydrogen (secondary N) is 2. The molecule has 0 bridgehead atoms. The molecular formula is C30H32N6O3S. The van der Waals surface area contributed by atoms with E-state index in [1.54, 1.807) is 13.3 Å². The van der Waals surface area contributed by atoms with Crippen LogP contribution in [0.25, 0.3) is 0 Å². The molecule has 9 nitrogen and oxygen atoms in total. The second-order valence-electron chi connectivity index (χ2n) is 9.63. The van der Waals surface area contributed by atoms with Crippen LogP contribution in [-0.4, -0.2) is 46.4 Å². The van der Waals surface area contributed by atoms with Crippen LogP contribution in [0.2, 0.25) is 0 Å². The zero-order valence-electron chi connectivity index (χ0n) is 22.9.